The Hall–Kier alpha value is -1.89. The number of nitrogens with zero attached hydrogens (tertiary/aromatic N) is 1. The Labute approximate surface area is 129 Å². The van der Waals surface area contributed by atoms with Gasteiger partial charge < -0.3 is 5.32 Å². The van der Waals surface area contributed by atoms with Gasteiger partial charge in [-0.25, -0.2) is 13.2 Å². The highest BCUT2D eigenvalue weighted by Gasteiger charge is 2.55. The maximum Gasteiger partial charge on any atom is 0.325 e. The molecule has 1 heterocycles. The van der Waals surface area contributed by atoms with Crippen molar-refractivity contribution in [3.05, 3.63) is 30.3 Å². The van der Waals surface area contributed by atoms with Crippen molar-refractivity contribution in [1.82, 2.24) is 10.2 Å². The number of imide groups is 1. The van der Waals surface area contributed by atoms with Gasteiger partial charge in [0, 0.05) is 6.54 Å². The molecule has 1 saturated carbocycles. The first kappa shape index (κ1) is 15.0. The van der Waals surface area contributed by atoms with Gasteiger partial charge in [-0.05, 0) is 37.8 Å². The fourth-order valence-corrected chi connectivity index (χ4v) is 4.04. The number of nitrogens with one attached hydrogen (secondary N) is 1. The first-order valence-corrected chi connectivity index (χ1v) is 8.92. The summed E-state index contributed by atoms with van der Waals surface area (Å²) in [6, 6.07) is 7.54. The maximum absolute atomic E-state index is 12.4. The topological polar surface area (TPSA) is 83.6 Å². The van der Waals surface area contributed by atoms with Crippen LogP contribution in [-0.4, -0.2) is 43.1 Å². The molecule has 0 spiro atoms. The Morgan fingerprint density at radius 1 is 1.23 bits per heavy atom. The number of rotatable bonds is 5. The number of hydrogen-bond acceptors (Lipinski definition) is 4. The van der Waals surface area contributed by atoms with Gasteiger partial charge >= 0.3 is 6.03 Å². The molecular formula is C15H18N2O4S. The van der Waals surface area contributed by atoms with Gasteiger partial charge in [-0.1, -0.05) is 18.2 Å². The Kier molecular flexibility index (Phi) is 3.47. The van der Waals surface area contributed by atoms with E-state index in [2.05, 4.69) is 5.32 Å². The first-order valence-electron chi connectivity index (χ1n) is 7.26. The molecule has 2 fully saturated rings. The van der Waals surface area contributed by atoms with E-state index in [1.165, 1.54) is 12.1 Å². The van der Waals surface area contributed by atoms with E-state index in [9.17, 15) is 18.0 Å². The van der Waals surface area contributed by atoms with Gasteiger partial charge in [0.1, 0.15) is 5.54 Å². The van der Waals surface area contributed by atoms with E-state index in [-0.39, 0.29) is 29.0 Å². The molecule has 1 aromatic carbocycles. The third-order valence-corrected chi connectivity index (χ3v) is 6.09. The van der Waals surface area contributed by atoms with Crippen LogP contribution in [-0.2, 0) is 14.6 Å². The van der Waals surface area contributed by atoms with E-state index in [1.54, 1.807) is 25.1 Å². The van der Waals surface area contributed by atoms with Gasteiger partial charge in [0.15, 0.2) is 9.84 Å². The van der Waals surface area contributed by atoms with Gasteiger partial charge in [-0.15, -0.1) is 0 Å². The third-order valence-electron chi connectivity index (χ3n) is 4.38. The van der Waals surface area contributed by atoms with Crippen molar-refractivity contribution in [2.45, 2.75) is 30.2 Å². The highest BCUT2D eigenvalue weighted by Crippen LogP contribution is 2.42. The zero-order chi connectivity index (χ0) is 16.0. The summed E-state index contributed by atoms with van der Waals surface area (Å²) in [4.78, 5) is 25.6. The lowest BCUT2D eigenvalue weighted by Crippen LogP contribution is -2.46. The molecule has 7 heteroatoms. The Morgan fingerprint density at radius 3 is 2.45 bits per heavy atom. The Morgan fingerprint density at radius 2 is 1.86 bits per heavy atom. The minimum atomic E-state index is -3.51. The molecular weight excluding hydrogens is 304 g/mol. The second kappa shape index (κ2) is 5.08. The summed E-state index contributed by atoms with van der Waals surface area (Å²) in [6.07, 6.45) is 1.83. The van der Waals surface area contributed by atoms with Crippen LogP contribution in [0.1, 0.15) is 19.8 Å². The van der Waals surface area contributed by atoms with Crippen molar-refractivity contribution in [3.8, 4) is 0 Å². The lowest BCUT2D eigenvalue weighted by Gasteiger charge is -2.20. The van der Waals surface area contributed by atoms with E-state index in [0.717, 1.165) is 17.7 Å². The van der Waals surface area contributed by atoms with Gasteiger partial charge in [-0.2, -0.15) is 0 Å². The molecule has 118 valence electrons. The lowest BCUT2D eigenvalue weighted by atomic mass is 9.96. The molecule has 22 heavy (non-hydrogen) atoms. The largest absolute Gasteiger partial charge is 0.325 e. The van der Waals surface area contributed by atoms with Crippen molar-refractivity contribution in [2.75, 3.05) is 12.3 Å². The molecule has 1 atom stereocenters. The second-order valence-electron chi connectivity index (χ2n) is 6.00. The summed E-state index contributed by atoms with van der Waals surface area (Å²) in [7, 11) is -3.51. The molecule has 6 nitrogen and oxygen atoms in total. The Balaban J connectivity index is 1.72. The maximum atomic E-state index is 12.4. The Bertz CT molecular complexity index is 712. The van der Waals surface area contributed by atoms with Crippen LogP contribution in [0.4, 0.5) is 4.79 Å². The molecule has 1 N–H and O–H groups in total. The third kappa shape index (κ3) is 2.49. The number of carbonyl (C=O) groups excluding carboxylic acids is 2. The van der Waals surface area contributed by atoms with Crippen LogP contribution >= 0.6 is 0 Å². The highest BCUT2D eigenvalue weighted by molar-refractivity contribution is 7.91. The fourth-order valence-electron chi connectivity index (χ4n) is 2.81. The minimum absolute atomic E-state index is 0.121. The predicted molar refractivity (Wildman–Crippen MR) is 79.9 cm³/mol. The minimum Gasteiger partial charge on any atom is -0.323 e. The van der Waals surface area contributed by atoms with E-state index < -0.39 is 21.4 Å². The average Bonchev–Trinajstić information content (AvgIpc) is 3.30. The van der Waals surface area contributed by atoms with E-state index in [0.29, 0.717) is 0 Å². The molecule has 1 aliphatic heterocycles. The summed E-state index contributed by atoms with van der Waals surface area (Å²) >= 11 is 0. The number of urea groups is 1. The number of sulfone groups is 1. The molecule has 1 aromatic rings. The van der Waals surface area contributed by atoms with Crippen molar-refractivity contribution >= 4 is 21.8 Å². The molecule has 3 rings (SSSR count). The van der Waals surface area contributed by atoms with Gasteiger partial charge in [0.25, 0.3) is 5.91 Å². The molecule has 1 saturated heterocycles. The summed E-state index contributed by atoms with van der Waals surface area (Å²) < 4.78 is 24.5. The molecule has 0 radical (unpaired) electrons. The molecule has 0 bridgehead atoms. The van der Waals surface area contributed by atoms with Crippen molar-refractivity contribution in [3.63, 3.8) is 0 Å². The van der Waals surface area contributed by atoms with Crippen molar-refractivity contribution in [2.24, 2.45) is 5.92 Å². The zero-order valence-corrected chi connectivity index (χ0v) is 13.1. The molecule has 1 aliphatic carbocycles. The zero-order valence-electron chi connectivity index (χ0n) is 12.3. The van der Waals surface area contributed by atoms with Crippen LogP contribution < -0.4 is 5.32 Å². The number of carbonyl (C=O) groups is 2. The number of amides is 3. The quantitative estimate of drug-likeness (QED) is 0.825. The van der Waals surface area contributed by atoms with Crippen molar-refractivity contribution in [1.29, 1.82) is 0 Å². The molecule has 3 amide bonds. The molecule has 0 aromatic heterocycles. The van der Waals surface area contributed by atoms with Crippen LogP contribution in [0.2, 0.25) is 0 Å². The van der Waals surface area contributed by atoms with Gasteiger partial charge in [0.05, 0.1) is 10.6 Å². The molecule has 1 unspecified atom stereocenters. The SMILES string of the molecule is CC1(C2CC2)NC(=O)N(CCS(=O)(=O)c2ccccc2)C1=O. The smallest absolute Gasteiger partial charge is 0.323 e. The number of benzene rings is 1. The summed E-state index contributed by atoms with van der Waals surface area (Å²) in [5.41, 5.74) is -0.867. The standard InChI is InChI=1S/C15H18N2O4S/c1-15(11-7-8-11)13(18)17(14(19)16-15)9-10-22(20,21)12-5-3-2-4-6-12/h2-6,11H,7-10H2,1H3,(H,16,19). The van der Waals surface area contributed by atoms with Gasteiger partial charge in [-0.3, -0.25) is 9.69 Å². The van der Waals surface area contributed by atoms with Gasteiger partial charge in [0.2, 0.25) is 0 Å². The molecule has 2 aliphatic rings. The predicted octanol–water partition coefficient (Wildman–Crippen LogP) is 1.18. The van der Waals surface area contributed by atoms with E-state index in [1.807, 2.05) is 0 Å². The summed E-state index contributed by atoms with van der Waals surface area (Å²) in [5, 5.41) is 2.71. The monoisotopic (exact) mass is 322 g/mol. The average molecular weight is 322 g/mol. The van der Waals surface area contributed by atoms with Crippen LogP contribution in [0.25, 0.3) is 0 Å². The summed E-state index contributed by atoms with van der Waals surface area (Å²) in [5.74, 6) is -0.417. The van der Waals surface area contributed by atoms with Crippen LogP contribution in [0.3, 0.4) is 0 Å². The lowest BCUT2D eigenvalue weighted by molar-refractivity contribution is -0.131. The van der Waals surface area contributed by atoms with Crippen LogP contribution in [0, 0.1) is 5.92 Å². The highest BCUT2D eigenvalue weighted by atomic mass is 32.2. The fraction of sp³-hybridized carbons (Fsp3) is 0.467. The van der Waals surface area contributed by atoms with E-state index in [4.69, 9.17) is 0 Å². The van der Waals surface area contributed by atoms with Crippen molar-refractivity contribution < 1.29 is 18.0 Å². The normalized spacial score (nSPS) is 25.4. The second-order valence-corrected chi connectivity index (χ2v) is 8.10. The number of hydrogen-bond donors (Lipinski definition) is 1. The van der Waals surface area contributed by atoms with E-state index >= 15 is 0 Å². The first-order chi connectivity index (χ1) is 10.3. The summed E-state index contributed by atoms with van der Waals surface area (Å²) in [6.45, 7) is 1.60. The van der Waals surface area contributed by atoms with Crippen LogP contribution in [0.5, 0.6) is 0 Å². The van der Waals surface area contributed by atoms with Crippen LogP contribution in [0.15, 0.2) is 35.2 Å².